The second-order valence-electron chi connectivity index (χ2n) is 5.28. The first-order chi connectivity index (χ1) is 9.19. The summed E-state index contributed by atoms with van der Waals surface area (Å²) in [6.45, 7) is 4.04. The van der Waals surface area contributed by atoms with Crippen molar-refractivity contribution in [1.82, 2.24) is 9.80 Å². The molecule has 106 valence electrons. The first-order valence-corrected chi connectivity index (χ1v) is 7.75. The van der Waals surface area contributed by atoms with E-state index in [-0.39, 0.29) is 5.91 Å². The van der Waals surface area contributed by atoms with E-state index in [2.05, 4.69) is 11.0 Å². The molecule has 2 N–H and O–H groups in total. The number of hydrogen-bond acceptors (Lipinski definition) is 4. The minimum atomic E-state index is 0.208. The predicted octanol–water partition coefficient (Wildman–Crippen LogP) is 1.38. The molecule has 1 saturated heterocycles. The summed E-state index contributed by atoms with van der Waals surface area (Å²) in [6, 6.07) is 4.09. The Balaban J connectivity index is 1.74. The lowest BCUT2D eigenvalue weighted by Crippen LogP contribution is -2.42. The van der Waals surface area contributed by atoms with E-state index in [4.69, 9.17) is 5.73 Å². The SMILES string of the molecule is CN(Cc1cccs1)C(=O)CN1CCC(CN)CC1. The fraction of sp³-hybridized carbons (Fsp3) is 0.643. The largest absolute Gasteiger partial charge is 0.340 e. The van der Waals surface area contributed by atoms with Crippen molar-refractivity contribution in [3.63, 3.8) is 0 Å². The Hall–Kier alpha value is -0.910. The third-order valence-electron chi connectivity index (χ3n) is 3.80. The molecule has 0 atom stereocenters. The Kier molecular flexibility index (Phi) is 5.36. The highest BCUT2D eigenvalue weighted by atomic mass is 32.1. The van der Waals surface area contributed by atoms with Crippen molar-refractivity contribution < 1.29 is 4.79 Å². The topological polar surface area (TPSA) is 49.6 Å². The number of rotatable bonds is 5. The number of thiophene rings is 1. The summed E-state index contributed by atoms with van der Waals surface area (Å²) in [5, 5.41) is 2.05. The van der Waals surface area contributed by atoms with Gasteiger partial charge in [-0.2, -0.15) is 0 Å². The first kappa shape index (κ1) is 14.5. The molecule has 1 aromatic heterocycles. The van der Waals surface area contributed by atoms with Crippen LogP contribution in [0.3, 0.4) is 0 Å². The second kappa shape index (κ2) is 7.03. The normalized spacial score (nSPS) is 17.6. The van der Waals surface area contributed by atoms with Gasteiger partial charge in [0.15, 0.2) is 0 Å². The van der Waals surface area contributed by atoms with E-state index in [1.165, 1.54) is 4.88 Å². The van der Waals surface area contributed by atoms with Gasteiger partial charge in [0.2, 0.25) is 5.91 Å². The highest BCUT2D eigenvalue weighted by Crippen LogP contribution is 2.16. The summed E-state index contributed by atoms with van der Waals surface area (Å²) >= 11 is 1.70. The molecule has 0 radical (unpaired) electrons. The van der Waals surface area contributed by atoms with Gasteiger partial charge in [0, 0.05) is 11.9 Å². The highest BCUT2D eigenvalue weighted by Gasteiger charge is 2.21. The molecule has 1 aliphatic rings. The Morgan fingerprint density at radius 1 is 1.53 bits per heavy atom. The second-order valence-corrected chi connectivity index (χ2v) is 6.32. The van der Waals surface area contributed by atoms with Gasteiger partial charge in [-0.05, 0) is 49.8 Å². The monoisotopic (exact) mass is 281 g/mol. The van der Waals surface area contributed by atoms with Crippen LogP contribution in [0.2, 0.25) is 0 Å². The van der Waals surface area contributed by atoms with Gasteiger partial charge < -0.3 is 10.6 Å². The van der Waals surface area contributed by atoms with Gasteiger partial charge in [0.05, 0.1) is 13.1 Å². The van der Waals surface area contributed by atoms with Crippen molar-refractivity contribution >= 4 is 17.2 Å². The van der Waals surface area contributed by atoms with Gasteiger partial charge in [-0.3, -0.25) is 9.69 Å². The van der Waals surface area contributed by atoms with Gasteiger partial charge in [-0.1, -0.05) is 6.07 Å². The number of likely N-dealkylation sites (tertiary alicyclic amines) is 1. The lowest BCUT2D eigenvalue weighted by molar-refractivity contribution is -0.131. The molecule has 1 fully saturated rings. The number of hydrogen-bond donors (Lipinski definition) is 1. The minimum absolute atomic E-state index is 0.208. The molecule has 0 aromatic carbocycles. The zero-order valence-corrected chi connectivity index (χ0v) is 12.4. The molecule has 1 aliphatic heterocycles. The van der Waals surface area contributed by atoms with Crippen LogP contribution >= 0.6 is 11.3 Å². The molecule has 4 nitrogen and oxygen atoms in total. The van der Waals surface area contributed by atoms with Crippen LogP contribution in [0.15, 0.2) is 17.5 Å². The lowest BCUT2D eigenvalue weighted by Gasteiger charge is -2.31. The van der Waals surface area contributed by atoms with E-state index in [1.807, 2.05) is 23.4 Å². The Morgan fingerprint density at radius 3 is 2.84 bits per heavy atom. The van der Waals surface area contributed by atoms with E-state index in [0.717, 1.165) is 39.0 Å². The van der Waals surface area contributed by atoms with Crippen molar-refractivity contribution in [2.45, 2.75) is 19.4 Å². The number of nitrogens with two attached hydrogens (primary N) is 1. The van der Waals surface area contributed by atoms with Crippen molar-refractivity contribution in [1.29, 1.82) is 0 Å². The van der Waals surface area contributed by atoms with Gasteiger partial charge in [0.1, 0.15) is 0 Å². The Bertz CT molecular complexity index is 385. The van der Waals surface area contributed by atoms with Crippen LogP contribution < -0.4 is 5.73 Å². The van der Waals surface area contributed by atoms with Crippen LogP contribution in [-0.2, 0) is 11.3 Å². The third kappa shape index (κ3) is 4.30. The average molecular weight is 281 g/mol. The summed E-state index contributed by atoms with van der Waals surface area (Å²) in [5.74, 6) is 0.856. The molecule has 1 aromatic rings. The number of amides is 1. The summed E-state index contributed by atoms with van der Waals surface area (Å²) in [4.78, 5) is 17.5. The van der Waals surface area contributed by atoms with Crippen LogP contribution in [0.4, 0.5) is 0 Å². The summed E-state index contributed by atoms with van der Waals surface area (Å²) in [6.07, 6.45) is 2.25. The number of piperidine rings is 1. The van der Waals surface area contributed by atoms with Crippen LogP contribution in [0, 0.1) is 5.92 Å². The van der Waals surface area contributed by atoms with E-state index >= 15 is 0 Å². The minimum Gasteiger partial charge on any atom is -0.340 e. The predicted molar refractivity (Wildman–Crippen MR) is 79.0 cm³/mol. The molecule has 2 rings (SSSR count). The van der Waals surface area contributed by atoms with Crippen molar-refractivity contribution in [3.05, 3.63) is 22.4 Å². The fourth-order valence-corrected chi connectivity index (χ4v) is 3.17. The average Bonchev–Trinajstić information content (AvgIpc) is 2.92. The molecular weight excluding hydrogens is 258 g/mol. The van der Waals surface area contributed by atoms with E-state index < -0.39 is 0 Å². The van der Waals surface area contributed by atoms with Gasteiger partial charge in [-0.15, -0.1) is 11.3 Å². The molecule has 0 spiro atoms. The van der Waals surface area contributed by atoms with E-state index in [9.17, 15) is 4.79 Å². The summed E-state index contributed by atoms with van der Waals surface area (Å²) < 4.78 is 0. The lowest BCUT2D eigenvalue weighted by atomic mass is 9.97. The summed E-state index contributed by atoms with van der Waals surface area (Å²) in [5.41, 5.74) is 5.68. The standard InChI is InChI=1S/C14H23N3OS/c1-16(10-13-3-2-8-19-13)14(18)11-17-6-4-12(9-15)5-7-17/h2-3,8,12H,4-7,9-11,15H2,1H3. The van der Waals surface area contributed by atoms with Crippen LogP contribution in [0.5, 0.6) is 0 Å². The number of likely N-dealkylation sites (N-methyl/N-ethyl adjacent to an activating group) is 1. The van der Waals surface area contributed by atoms with Crippen molar-refractivity contribution in [2.75, 3.05) is 33.2 Å². The van der Waals surface area contributed by atoms with E-state index in [1.54, 1.807) is 11.3 Å². The first-order valence-electron chi connectivity index (χ1n) is 6.88. The smallest absolute Gasteiger partial charge is 0.236 e. The molecule has 5 heteroatoms. The Labute approximate surface area is 119 Å². The molecule has 0 saturated carbocycles. The number of carbonyl (C=O) groups is 1. The molecule has 1 amide bonds. The maximum atomic E-state index is 12.2. The number of carbonyl (C=O) groups excluding carboxylic acids is 1. The van der Waals surface area contributed by atoms with E-state index in [0.29, 0.717) is 12.5 Å². The molecule has 0 unspecified atom stereocenters. The zero-order chi connectivity index (χ0) is 13.7. The molecular formula is C14H23N3OS. The molecule has 0 bridgehead atoms. The molecule has 0 aliphatic carbocycles. The van der Waals surface area contributed by atoms with Gasteiger partial charge in [0.25, 0.3) is 0 Å². The Morgan fingerprint density at radius 2 is 2.26 bits per heavy atom. The number of nitrogens with zero attached hydrogens (tertiary/aromatic N) is 2. The van der Waals surface area contributed by atoms with Gasteiger partial charge >= 0.3 is 0 Å². The van der Waals surface area contributed by atoms with Crippen molar-refractivity contribution in [3.8, 4) is 0 Å². The highest BCUT2D eigenvalue weighted by molar-refractivity contribution is 7.09. The zero-order valence-electron chi connectivity index (χ0n) is 11.5. The van der Waals surface area contributed by atoms with Crippen LogP contribution in [-0.4, -0.2) is 48.9 Å². The quantitative estimate of drug-likeness (QED) is 0.887. The third-order valence-corrected chi connectivity index (χ3v) is 4.66. The van der Waals surface area contributed by atoms with Crippen molar-refractivity contribution in [2.24, 2.45) is 11.7 Å². The maximum Gasteiger partial charge on any atom is 0.236 e. The maximum absolute atomic E-state index is 12.2. The van der Waals surface area contributed by atoms with Crippen LogP contribution in [0.1, 0.15) is 17.7 Å². The van der Waals surface area contributed by atoms with Crippen LogP contribution in [0.25, 0.3) is 0 Å². The molecule has 19 heavy (non-hydrogen) atoms. The summed E-state index contributed by atoms with van der Waals surface area (Å²) in [7, 11) is 1.88. The molecule has 2 heterocycles. The fourth-order valence-electron chi connectivity index (χ4n) is 2.42. The van der Waals surface area contributed by atoms with Gasteiger partial charge in [-0.25, -0.2) is 0 Å².